The molecule has 0 aliphatic rings. The largest absolute Gasteiger partial charge is 0.311 e. The van der Waals surface area contributed by atoms with E-state index >= 15 is 0 Å². The van der Waals surface area contributed by atoms with E-state index in [9.17, 15) is 4.79 Å². The number of carbonyl (C=O) groups is 1. The molecule has 0 unspecified atom stereocenters. The van der Waals surface area contributed by atoms with Crippen molar-refractivity contribution in [2.75, 3.05) is 6.54 Å². The minimum atomic E-state index is 0.214. The van der Waals surface area contributed by atoms with E-state index in [1.54, 1.807) is 6.92 Å². The minimum absolute atomic E-state index is 0.214. The first-order chi connectivity index (χ1) is 5.13. The maximum atomic E-state index is 10.5. The number of rotatable bonds is 5. The normalized spacial score (nSPS) is 11.3. The molecule has 0 heterocycles. The number of carbonyl (C=O) groups excluding carboxylic acids is 1. The van der Waals surface area contributed by atoms with Crippen molar-refractivity contribution in [3.8, 4) is 0 Å². The number of ketones is 1. The first-order valence-corrected chi connectivity index (χ1v) is 4.00. The lowest BCUT2D eigenvalue weighted by Gasteiger charge is -2.02. The van der Waals surface area contributed by atoms with Crippen molar-refractivity contribution in [2.45, 2.75) is 33.2 Å². The van der Waals surface area contributed by atoms with Gasteiger partial charge in [0.25, 0.3) is 0 Å². The van der Waals surface area contributed by atoms with Gasteiger partial charge in [-0.25, -0.2) is 0 Å². The monoisotopic (exact) mass is 155 g/mol. The summed E-state index contributed by atoms with van der Waals surface area (Å²) < 4.78 is 0. The van der Waals surface area contributed by atoms with Gasteiger partial charge in [-0.15, -0.1) is 0 Å². The Balaban J connectivity index is 3.23. The van der Waals surface area contributed by atoms with Crippen molar-refractivity contribution in [1.29, 1.82) is 0 Å². The Morgan fingerprint density at radius 1 is 1.45 bits per heavy atom. The summed E-state index contributed by atoms with van der Waals surface area (Å²) in [5.74, 6) is 0.214. The van der Waals surface area contributed by atoms with E-state index in [1.165, 1.54) is 0 Å². The molecule has 0 rings (SSSR count). The smallest absolute Gasteiger partial charge is 0.133 e. The van der Waals surface area contributed by atoms with Gasteiger partial charge in [-0.3, -0.25) is 4.79 Å². The van der Waals surface area contributed by atoms with Crippen molar-refractivity contribution in [3.63, 3.8) is 0 Å². The van der Waals surface area contributed by atoms with E-state index in [0.717, 1.165) is 6.54 Å². The molecular weight excluding hydrogens is 138 g/mol. The first-order valence-electron chi connectivity index (χ1n) is 4.00. The zero-order chi connectivity index (χ0) is 8.69. The predicted octanol–water partition coefficient (Wildman–Crippen LogP) is 1.52. The predicted molar refractivity (Wildman–Crippen MR) is 47.6 cm³/mol. The Morgan fingerprint density at radius 2 is 2.09 bits per heavy atom. The lowest BCUT2D eigenvalue weighted by atomic mass is 10.3. The molecule has 0 saturated carbocycles. The topological polar surface area (TPSA) is 29.1 Å². The highest BCUT2D eigenvalue weighted by Crippen LogP contribution is 1.84. The SMILES string of the molecule is CC(=O)C/C=C/CNC(C)C. The van der Waals surface area contributed by atoms with Gasteiger partial charge in [-0.05, 0) is 6.92 Å². The van der Waals surface area contributed by atoms with Crippen LogP contribution in [0.15, 0.2) is 12.2 Å². The molecule has 2 nitrogen and oxygen atoms in total. The Kier molecular flexibility index (Phi) is 5.75. The van der Waals surface area contributed by atoms with E-state index in [-0.39, 0.29) is 5.78 Å². The maximum Gasteiger partial charge on any atom is 0.133 e. The molecule has 0 radical (unpaired) electrons. The third kappa shape index (κ3) is 9.37. The minimum Gasteiger partial charge on any atom is -0.311 e. The lowest BCUT2D eigenvalue weighted by Crippen LogP contribution is -2.22. The molecule has 0 aliphatic heterocycles. The lowest BCUT2D eigenvalue weighted by molar-refractivity contribution is -0.116. The van der Waals surface area contributed by atoms with Crippen LogP contribution in [0.3, 0.4) is 0 Å². The Bertz CT molecular complexity index is 138. The number of hydrogen-bond acceptors (Lipinski definition) is 2. The summed E-state index contributed by atoms with van der Waals surface area (Å²) >= 11 is 0. The highest BCUT2D eigenvalue weighted by Gasteiger charge is 1.87. The number of Topliss-reactive ketones (excluding diaryl/α,β-unsaturated/α-hetero) is 1. The summed E-state index contributed by atoms with van der Waals surface area (Å²) in [6.45, 7) is 6.64. The maximum absolute atomic E-state index is 10.5. The zero-order valence-electron chi connectivity index (χ0n) is 7.55. The fourth-order valence-corrected chi connectivity index (χ4v) is 0.636. The molecule has 0 aliphatic carbocycles. The Morgan fingerprint density at radius 3 is 2.55 bits per heavy atom. The van der Waals surface area contributed by atoms with Crippen LogP contribution < -0.4 is 5.32 Å². The molecule has 64 valence electrons. The summed E-state index contributed by atoms with van der Waals surface area (Å²) in [6, 6.07) is 0.511. The van der Waals surface area contributed by atoms with Crippen molar-refractivity contribution >= 4 is 5.78 Å². The van der Waals surface area contributed by atoms with Crippen LogP contribution in [0, 0.1) is 0 Å². The van der Waals surface area contributed by atoms with Gasteiger partial charge in [0.2, 0.25) is 0 Å². The second kappa shape index (κ2) is 6.10. The number of allylic oxidation sites excluding steroid dienone is 1. The number of nitrogens with one attached hydrogen (secondary N) is 1. The average molecular weight is 155 g/mol. The quantitative estimate of drug-likeness (QED) is 0.610. The van der Waals surface area contributed by atoms with E-state index < -0.39 is 0 Å². The van der Waals surface area contributed by atoms with Gasteiger partial charge in [-0.1, -0.05) is 26.0 Å². The third-order valence-corrected chi connectivity index (χ3v) is 1.22. The molecule has 0 bridgehead atoms. The van der Waals surface area contributed by atoms with E-state index in [2.05, 4.69) is 19.2 Å². The molecule has 0 aromatic carbocycles. The van der Waals surface area contributed by atoms with Gasteiger partial charge in [0.15, 0.2) is 0 Å². The average Bonchev–Trinajstić information content (AvgIpc) is 1.85. The van der Waals surface area contributed by atoms with Crippen LogP contribution in [0.25, 0.3) is 0 Å². The van der Waals surface area contributed by atoms with Gasteiger partial charge in [0.1, 0.15) is 5.78 Å². The molecule has 1 N–H and O–H groups in total. The fourth-order valence-electron chi connectivity index (χ4n) is 0.636. The Labute approximate surface area is 68.7 Å². The summed E-state index contributed by atoms with van der Waals surface area (Å²) in [5, 5.41) is 3.22. The van der Waals surface area contributed by atoms with Crippen LogP contribution in [0.4, 0.5) is 0 Å². The van der Waals surface area contributed by atoms with Gasteiger partial charge in [-0.2, -0.15) is 0 Å². The molecule has 0 amide bonds. The van der Waals surface area contributed by atoms with Crippen LogP contribution >= 0.6 is 0 Å². The molecule has 11 heavy (non-hydrogen) atoms. The molecule has 0 atom stereocenters. The van der Waals surface area contributed by atoms with E-state index in [4.69, 9.17) is 0 Å². The second-order valence-corrected chi connectivity index (χ2v) is 2.94. The van der Waals surface area contributed by atoms with Gasteiger partial charge >= 0.3 is 0 Å². The van der Waals surface area contributed by atoms with Gasteiger partial charge in [0.05, 0.1) is 0 Å². The standard InChI is InChI=1S/C9H17NO/c1-8(2)10-7-5-4-6-9(3)11/h4-5,8,10H,6-7H2,1-3H3/b5-4+. The first kappa shape index (κ1) is 10.4. The summed E-state index contributed by atoms with van der Waals surface area (Å²) in [7, 11) is 0. The van der Waals surface area contributed by atoms with Crippen molar-refractivity contribution in [2.24, 2.45) is 0 Å². The number of hydrogen-bond donors (Lipinski definition) is 1. The van der Waals surface area contributed by atoms with Crippen LogP contribution in [0.1, 0.15) is 27.2 Å². The van der Waals surface area contributed by atoms with Gasteiger partial charge in [0, 0.05) is 19.0 Å². The van der Waals surface area contributed by atoms with Crippen LogP contribution in [-0.4, -0.2) is 18.4 Å². The summed E-state index contributed by atoms with van der Waals surface area (Å²) in [6.07, 6.45) is 4.44. The fraction of sp³-hybridized carbons (Fsp3) is 0.667. The third-order valence-electron chi connectivity index (χ3n) is 1.22. The molecule has 0 spiro atoms. The molecule has 0 aromatic rings. The highest BCUT2D eigenvalue weighted by atomic mass is 16.1. The summed E-state index contributed by atoms with van der Waals surface area (Å²) in [4.78, 5) is 10.5. The van der Waals surface area contributed by atoms with Crippen LogP contribution in [0.5, 0.6) is 0 Å². The van der Waals surface area contributed by atoms with Crippen LogP contribution in [-0.2, 0) is 4.79 Å². The second-order valence-electron chi connectivity index (χ2n) is 2.94. The van der Waals surface area contributed by atoms with E-state index in [0.29, 0.717) is 12.5 Å². The van der Waals surface area contributed by atoms with E-state index in [1.807, 2.05) is 12.2 Å². The molecule has 2 heteroatoms. The molecular formula is C9H17NO. The van der Waals surface area contributed by atoms with Crippen molar-refractivity contribution in [1.82, 2.24) is 5.32 Å². The van der Waals surface area contributed by atoms with Crippen molar-refractivity contribution < 1.29 is 4.79 Å². The molecule has 0 fully saturated rings. The van der Waals surface area contributed by atoms with Gasteiger partial charge < -0.3 is 5.32 Å². The molecule has 0 saturated heterocycles. The Hall–Kier alpha value is -0.630. The molecule has 0 aromatic heterocycles. The van der Waals surface area contributed by atoms with Crippen molar-refractivity contribution in [3.05, 3.63) is 12.2 Å². The van der Waals surface area contributed by atoms with Crippen LogP contribution in [0.2, 0.25) is 0 Å². The summed E-state index contributed by atoms with van der Waals surface area (Å²) in [5.41, 5.74) is 0. The highest BCUT2D eigenvalue weighted by molar-refractivity contribution is 5.76. The zero-order valence-corrected chi connectivity index (χ0v) is 7.55.